The molecule has 0 radical (unpaired) electrons. The molecule has 1 atom stereocenters. The first-order chi connectivity index (χ1) is 10.8. The minimum Gasteiger partial charge on any atom is -0.351 e. The molecule has 0 saturated carbocycles. The summed E-state index contributed by atoms with van der Waals surface area (Å²) in [5.74, 6) is 1.00. The van der Waals surface area contributed by atoms with Crippen molar-refractivity contribution in [3.05, 3.63) is 48.4 Å². The number of hydrogen-bond donors (Lipinski definition) is 0. The molecule has 0 aliphatic carbocycles. The van der Waals surface area contributed by atoms with Crippen LogP contribution < -0.4 is 4.90 Å². The van der Waals surface area contributed by atoms with Crippen molar-refractivity contribution < 1.29 is 0 Å². The molecule has 0 amide bonds. The Morgan fingerprint density at radius 2 is 2.18 bits per heavy atom. The van der Waals surface area contributed by atoms with Crippen molar-refractivity contribution in [3.63, 3.8) is 0 Å². The van der Waals surface area contributed by atoms with Gasteiger partial charge in [-0.2, -0.15) is 5.10 Å². The molecule has 0 N–H and O–H groups in total. The molecule has 1 aliphatic rings. The van der Waals surface area contributed by atoms with Gasteiger partial charge in [0.15, 0.2) is 5.82 Å². The molecular weight excluding hydrogens is 274 g/mol. The van der Waals surface area contributed by atoms with E-state index in [2.05, 4.69) is 50.2 Å². The number of pyridine rings is 1. The van der Waals surface area contributed by atoms with Crippen LogP contribution in [-0.4, -0.2) is 52.8 Å². The molecule has 2 aromatic rings. The Labute approximate surface area is 132 Å². The molecule has 1 fully saturated rings. The third kappa shape index (κ3) is 3.80. The predicted octanol–water partition coefficient (Wildman–Crippen LogP) is 2.01. The Balaban J connectivity index is 1.53. The largest absolute Gasteiger partial charge is 0.351 e. The van der Waals surface area contributed by atoms with Crippen molar-refractivity contribution >= 4 is 5.82 Å². The van der Waals surface area contributed by atoms with E-state index in [4.69, 9.17) is 0 Å². The molecule has 5 nitrogen and oxygen atoms in total. The van der Waals surface area contributed by atoms with Crippen molar-refractivity contribution in [3.8, 4) is 0 Å². The van der Waals surface area contributed by atoms with Crippen LogP contribution in [0.15, 0.2) is 42.7 Å². The highest BCUT2D eigenvalue weighted by molar-refractivity contribution is 5.39. The van der Waals surface area contributed by atoms with Crippen LogP contribution in [0.5, 0.6) is 0 Å². The fraction of sp³-hybridized carbons (Fsp3) is 0.471. The Morgan fingerprint density at radius 3 is 2.95 bits per heavy atom. The zero-order chi connectivity index (χ0) is 15.2. The number of anilines is 1. The fourth-order valence-corrected chi connectivity index (χ4v) is 3.08. The Kier molecular flexibility index (Phi) is 4.96. The maximum Gasteiger partial charge on any atom is 0.151 e. The number of likely N-dealkylation sites (N-methyl/N-ethyl adjacent to an activating group) is 1. The SMILES string of the molecule is CN(CCc1ccccn1)C[C@H]1CCCN1c1cccnn1. The van der Waals surface area contributed by atoms with E-state index in [1.165, 1.54) is 12.8 Å². The molecule has 22 heavy (non-hydrogen) atoms. The van der Waals surface area contributed by atoms with Crippen molar-refractivity contribution in [1.29, 1.82) is 0 Å². The first-order valence-electron chi connectivity index (χ1n) is 7.96. The number of nitrogens with zero attached hydrogens (tertiary/aromatic N) is 5. The molecule has 5 heteroatoms. The molecule has 3 rings (SSSR count). The van der Waals surface area contributed by atoms with Gasteiger partial charge in [0, 0.05) is 50.2 Å². The molecule has 0 spiro atoms. The summed E-state index contributed by atoms with van der Waals surface area (Å²) < 4.78 is 0. The minimum atomic E-state index is 0.533. The molecule has 0 aromatic carbocycles. The van der Waals surface area contributed by atoms with E-state index in [9.17, 15) is 0 Å². The number of hydrogen-bond acceptors (Lipinski definition) is 5. The fourth-order valence-electron chi connectivity index (χ4n) is 3.08. The van der Waals surface area contributed by atoms with Crippen LogP contribution >= 0.6 is 0 Å². The molecule has 1 saturated heterocycles. The normalized spacial score (nSPS) is 18.1. The summed E-state index contributed by atoms with van der Waals surface area (Å²) in [4.78, 5) is 9.18. The summed E-state index contributed by atoms with van der Waals surface area (Å²) in [6.45, 7) is 3.17. The molecule has 3 heterocycles. The highest BCUT2D eigenvalue weighted by atomic mass is 15.3. The monoisotopic (exact) mass is 297 g/mol. The van der Waals surface area contributed by atoms with Gasteiger partial charge in [-0.05, 0) is 44.2 Å². The van der Waals surface area contributed by atoms with Gasteiger partial charge < -0.3 is 9.80 Å². The summed E-state index contributed by atoms with van der Waals surface area (Å²) in [5.41, 5.74) is 1.16. The van der Waals surface area contributed by atoms with Crippen molar-refractivity contribution in [1.82, 2.24) is 20.1 Å². The van der Waals surface area contributed by atoms with Crippen LogP contribution in [0, 0.1) is 0 Å². The van der Waals surface area contributed by atoms with Gasteiger partial charge >= 0.3 is 0 Å². The molecule has 0 bridgehead atoms. The van der Waals surface area contributed by atoms with Gasteiger partial charge in [-0.1, -0.05) is 6.07 Å². The second-order valence-corrected chi connectivity index (χ2v) is 5.90. The number of aromatic nitrogens is 3. The topological polar surface area (TPSA) is 45.2 Å². The lowest BCUT2D eigenvalue weighted by atomic mass is 10.2. The van der Waals surface area contributed by atoms with Gasteiger partial charge in [0.2, 0.25) is 0 Å². The van der Waals surface area contributed by atoms with E-state index in [-0.39, 0.29) is 0 Å². The maximum absolute atomic E-state index is 4.39. The minimum absolute atomic E-state index is 0.533. The van der Waals surface area contributed by atoms with Gasteiger partial charge in [-0.3, -0.25) is 4.98 Å². The molecule has 1 aliphatic heterocycles. The van der Waals surface area contributed by atoms with Gasteiger partial charge in [-0.25, -0.2) is 0 Å². The molecule has 0 unspecified atom stereocenters. The molecule has 2 aromatic heterocycles. The zero-order valence-electron chi connectivity index (χ0n) is 13.1. The van der Waals surface area contributed by atoms with Crippen molar-refractivity contribution in [2.45, 2.75) is 25.3 Å². The summed E-state index contributed by atoms with van der Waals surface area (Å²) in [5, 5.41) is 8.26. The summed E-state index contributed by atoms with van der Waals surface area (Å²) >= 11 is 0. The van der Waals surface area contributed by atoms with E-state index in [1.807, 2.05) is 18.3 Å². The lowest BCUT2D eigenvalue weighted by Crippen LogP contribution is -2.40. The van der Waals surface area contributed by atoms with Gasteiger partial charge in [0.05, 0.1) is 0 Å². The first kappa shape index (κ1) is 14.9. The van der Waals surface area contributed by atoms with Crippen molar-refractivity contribution in [2.24, 2.45) is 0 Å². The van der Waals surface area contributed by atoms with Crippen LogP contribution in [0.2, 0.25) is 0 Å². The Hall–Kier alpha value is -2.01. The molecular formula is C17H23N5. The standard InChI is InChI=1S/C17H23N5/c1-21(13-9-15-6-2-3-10-18-15)14-16-7-5-12-22(16)17-8-4-11-19-20-17/h2-4,6,8,10-11,16H,5,7,9,12-14H2,1H3/t16-/m1/s1. The number of rotatable bonds is 6. The highest BCUT2D eigenvalue weighted by Crippen LogP contribution is 2.23. The van der Waals surface area contributed by atoms with Crippen LogP contribution in [0.1, 0.15) is 18.5 Å². The molecule has 116 valence electrons. The second-order valence-electron chi connectivity index (χ2n) is 5.90. The lowest BCUT2D eigenvalue weighted by Gasteiger charge is -2.29. The van der Waals surface area contributed by atoms with E-state index < -0.39 is 0 Å². The summed E-state index contributed by atoms with van der Waals surface area (Å²) in [6.07, 6.45) is 7.05. The van der Waals surface area contributed by atoms with Gasteiger partial charge in [-0.15, -0.1) is 5.10 Å². The van der Waals surface area contributed by atoms with Crippen LogP contribution in [0.4, 0.5) is 5.82 Å². The Bertz CT molecular complexity index is 560. The second kappa shape index (κ2) is 7.31. The average Bonchev–Trinajstić information content (AvgIpc) is 3.03. The van der Waals surface area contributed by atoms with Crippen LogP contribution in [0.3, 0.4) is 0 Å². The van der Waals surface area contributed by atoms with Crippen LogP contribution in [-0.2, 0) is 6.42 Å². The van der Waals surface area contributed by atoms with Crippen LogP contribution in [0.25, 0.3) is 0 Å². The van der Waals surface area contributed by atoms with E-state index in [0.29, 0.717) is 6.04 Å². The quantitative estimate of drug-likeness (QED) is 0.816. The first-order valence-corrected chi connectivity index (χ1v) is 7.96. The third-order valence-electron chi connectivity index (χ3n) is 4.23. The van der Waals surface area contributed by atoms with Gasteiger partial charge in [0.25, 0.3) is 0 Å². The Morgan fingerprint density at radius 1 is 1.23 bits per heavy atom. The maximum atomic E-state index is 4.39. The van der Waals surface area contributed by atoms with E-state index >= 15 is 0 Å². The highest BCUT2D eigenvalue weighted by Gasteiger charge is 2.26. The average molecular weight is 297 g/mol. The lowest BCUT2D eigenvalue weighted by molar-refractivity contribution is 0.312. The predicted molar refractivity (Wildman–Crippen MR) is 87.8 cm³/mol. The summed E-state index contributed by atoms with van der Waals surface area (Å²) in [6, 6.07) is 10.7. The third-order valence-corrected chi connectivity index (χ3v) is 4.23. The van der Waals surface area contributed by atoms with E-state index in [0.717, 1.165) is 37.6 Å². The van der Waals surface area contributed by atoms with Gasteiger partial charge in [0.1, 0.15) is 0 Å². The smallest absolute Gasteiger partial charge is 0.151 e. The zero-order valence-corrected chi connectivity index (χ0v) is 13.1. The summed E-state index contributed by atoms with van der Waals surface area (Å²) in [7, 11) is 2.19. The van der Waals surface area contributed by atoms with E-state index in [1.54, 1.807) is 6.20 Å². The van der Waals surface area contributed by atoms with Crippen molar-refractivity contribution in [2.75, 3.05) is 31.6 Å².